The number of hydrogen-bond donors (Lipinski definition) is 1. The second kappa shape index (κ2) is 8.58. The third-order valence-corrected chi connectivity index (χ3v) is 4.64. The summed E-state index contributed by atoms with van der Waals surface area (Å²) in [7, 11) is 0. The fraction of sp³-hybridized carbons (Fsp3) is 0.250. The molecule has 0 aliphatic carbocycles. The molecule has 2 aromatic rings. The quantitative estimate of drug-likeness (QED) is 0.529. The molecule has 0 radical (unpaired) electrons. The van der Waals surface area contributed by atoms with Gasteiger partial charge >= 0.3 is 6.18 Å². The summed E-state index contributed by atoms with van der Waals surface area (Å²) in [5.41, 5.74) is -3.56. The molecule has 1 amide bonds. The Balaban J connectivity index is 2.03. The first-order valence-corrected chi connectivity index (χ1v) is 8.90. The lowest BCUT2D eigenvalue weighted by molar-refractivity contribution is -0.143. The van der Waals surface area contributed by atoms with Gasteiger partial charge in [-0.05, 0) is 17.7 Å². The van der Waals surface area contributed by atoms with Gasteiger partial charge in [-0.1, -0.05) is 18.7 Å². The first-order chi connectivity index (χ1) is 14.6. The van der Waals surface area contributed by atoms with Crippen LogP contribution in [0.5, 0.6) is 0 Å². The Hall–Kier alpha value is -3.08. The van der Waals surface area contributed by atoms with Crippen LogP contribution in [-0.2, 0) is 10.9 Å². The molecule has 1 saturated heterocycles. The zero-order valence-electron chi connectivity index (χ0n) is 15.8. The molecule has 166 valence electrons. The number of halogens is 7. The maximum atomic E-state index is 14.1. The minimum Gasteiger partial charge on any atom is -0.378 e. The normalized spacial score (nSPS) is 14.5. The predicted octanol–water partition coefficient (Wildman–Crippen LogP) is 4.99. The minimum atomic E-state index is -5.68. The number of rotatable bonds is 4. The molecule has 0 aromatic heterocycles. The highest BCUT2D eigenvalue weighted by Gasteiger charge is 2.42. The molecule has 0 spiro atoms. The average molecular weight is 448 g/mol. The van der Waals surface area contributed by atoms with Crippen LogP contribution in [0.1, 0.15) is 21.5 Å². The molecule has 11 heteroatoms. The van der Waals surface area contributed by atoms with Crippen molar-refractivity contribution in [3.05, 3.63) is 64.7 Å². The van der Waals surface area contributed by atoms with Crippen molar-refractivity contribution in [3.63, 3.8) is 0 Å². The Labute approximate surface area is 171 Å². The molecule has 3 rings (SSSR count). The van der Waals surface area contributed by atoms with Crippen molar-refractivity contribution in [2.75, 3.05) is 36.5 Å². The second-order valence-electron chi connectivity index (χ2n) is 6.54. The van der Waals surface area contributed by atoms with E-state index >= 15 is 0 Å². The van der Waals surface area contributed by atoms with Gasteiger partial charge in [0, 0.05) is 13.1 Å². The molecule has 1 aliphatic heterocycles. The Kier molecular flexibility index (Phi) is 6.25. The summed E-state index contributed by atoms with van der Waals surface area (Å²) in [4.78, 5) is 14.4. The molecule has 0 bridgehead atoms. The van der Waals surface area contributed by atoms with Crippen LogP contribution in [0.2, 0.25) is 0 Å². The van der Waals surface area contributed by atoms with Crippen molar-refractivity contribution in [2.24, 2.45) is 0 Å². The second-order valence-corrected chi connectivity index (χ2v) is 6.54. The summed E-state index contributed by atoms with van der Waals surface area (Å²) in [6, 6.07) is 4.32. The van der Waals surface area contributed by atoms with E-state index in [-0.39, 0.29) is 5.56 Å². The van der Waals surface area contributed by atoms with Gasteiger partial charge in [0.15, 0.2) is 23.3 Å². The number of ether oxygens (including phenoxy) is 1. The molecule has 1 fully saturated rings. The smallest absolute Gasteiger partial charge is 0.378 e. The number of nitrogens with zero attached hydrogens (tertiary/aromatic N) is 1. The van der Waals surface area contributed by atoms with Crippen LogP contribution in [0.25, 0.3) is 6.08 Å². The highest BCUT2D eigenvalue weighted by atomic mass is 19.4. The van der Waals surface area contributed by atoms with Gasteiger partial charge in [-0.3, -0.25) is 4.79 Å². The largest absolute Gasteiger partial charge is 0.422 e. The standard InChI is InChI=1S/C20H15F7N2O2/c1-2-10-3-4-11(12(9-10)29-5-7-31-8-6-29)19(30)28-18-16(23)14(21)13(20(25,26)27)15(22)17(18)24/h2-4,9H,1,5-8H2,(H,28,30). The van der Waals surface area contributed by atoms with Gasteiger partial charge in [-0.25, -0.2) is 17.6 Å². The molecule has 1 aliphatic rings. The number of amides is 1. The molecule has 1 heterocycles. The lowest BCUT2D eigenvalue weighted by Gasteiger charge is -2.30. The highest BCUT2D eigenvalue weighted by Crippen LogP contribution is 2.38. The Bertz CT molecular complexity index is 1000. The van der Waals surface area contributed by atoms with E-state index in [9.17, 15) is 35.5 Å². The summed E-state index contributed by atoms with van der Waals surface area (Å²) >= 11 is 0. The van der Waals surface area contributed by atoms with Crippen LogP contribution < -0.4 is 10.2 Å². The first kappa shape index (κ1) is 22.6. The van der Waals surface area contributed by atoms with Crippen molar-refractivity contribution >= 4 is 23.4 Å². The van der Waals surface area contributed by atoms with Crippen molar-refractivity contribution in [1.29, 1.82) is 0 Å². The van der Waals surface area contributed by atoms with Crippen molar-refractivity contribution in [1.82, 2.24) is 0 Å². The third kappa shape index (κ3) is 4.36. The number of nitrogens with one attached hydrogen (secondary N) is 1. The zero-order valence-corrected chi connectivity index (χ0v) is 15.8. The van der Waals surface area contributed by atoms with Gasteiger partial charge in [0.1, 0.15) is 11.3 Å². The summed E-state index contributed by atoms with van der Waals surface area (Å²) in [6.07, 6.45) is -4.19. The molecule has 0 saturated carbocycles. The maximum Gasteiger partial charge on any atom is 0.422 e. The van der Waals surface area contributed by atoms with Crippen molar-refractivity contribution < 1.29 is 40.3 Å². The lowest BCUT2D eigenvalue weighted by atomic mass is 10.1. The first-order valence-electron chi connectivity index (χ1n) is 8.90. The van der Waals surface area contributed by atoms with E-state index in [2.05, 4.69) is 6.58 Å². The Morgan fingerprint density at radius 3 is 2.13 bits per heavy atom. The highest BCUT2D eigenvalue weighted by molar-refractivity contribution is 6.08. The third-order valence-electron chi connectivity index (χ3n) is 4.64. The zero-order chi connectivity index (χ0) is 22.9. The van der Waals surface area contributed by atoms with Crippen LogP contribution in [0.15, 0.2) is 24.8 Å². The Morgan fingerprint density at radius 1 is 1.03 bits per heavy atom. The molecule has 31 heavy (non-hydrogen) atoms. The number of morpholine rings is 1. The fourth-order valence-corrected chi connectivity index (χ4v) is 3.10. The number of benzene rings is 2. The van der Waals surface area contributed by atoms with E-state index in [0.29, 0.717) is 37.6 Å². The number of hydrogen-bond acceptors (Lipinski definition) is 3. The van der Waals surface area contributed by atoms with Gasteiger partial charge in [0.2, 0.25) is 0 Å². The lowest BCUT2D eigenvalue weighted by Crippen LogP contribution is -2.37. The SMILES string of the molecule is C=Cc1ccc(C(=O)Nc2c(F)c(F)c(C(F)(F)F)c(F)c2F)c(N2CCOCC2)c1. The molecule has 2 aromatic carbocycles. The summed E-state index contributed by atoms with van der Waals surface area (Å²) in [6.45, 7) is 5.07. The molecular formula is C20H15F7N2O2. The van der Waals surface area contributed by atoms with Crippen LogP contribution >= 0.6 is 0 Å². The van der Waals surface area contributed by atoms with Gasteiger partial charge in [0.05, 0.1) is 24.5 Å². The minimum absolute atomic E-state index is 0.119. The summed E-state index contributed by atoms with van der Waals surface area (Å²) < 4.78 is 99.4. The fourth-order valence-electron chi connectivity index (χ4n) is 3.10. The number of alkyl halides is 3. The van der Waals surface area contributed by atoms with E-state index in [1.165, 1.54) is 18.2 Å². The summed E-state index contributed by atoms with van der Waals surface area (Å²) in [5.74, 6) is -11.2. The number of carbonyl (C=O) groups excluding carboxylic acids is 1. The van der Waals surface area contributed by atoms with E-state index in [1.54, 1.807) is 16.3 Å². The predicted molar refractivity (Wildman–Crippen MR) is 98.8 cm³/mol. The monoisotopic (exact) mass is 448 g/mol. The summed E-state index contributed by atoms with van der Waals surface area (Å²) in [5, 5.41) is 1.65. The van der Waals surface area contributed by atoms with E-state index < -0.39 is 46.6 Å². The van der Waals surface area contributed by atoms with Gasteiger partial charge in [-0.2, -0.15) is 13.2 Å². The van der Waals surface area contributed by atoms with Crippen LogP contribution in [0.3, 0.4) is 0 Å². The van der Waals surface area contributed by atoms with Crippen molar-refractivity contribution in [3.8, 4) is 0 Å². The molecule has 0 atom stereocenters. The Morgan fingerprint density at radius 2 is 1.61 bits per heavy atom. The maximum absolute atomic E-state index is 14.1. The van der Waals surface area contributed by atoms with E-state index in [0.717, 1.165) is 0 Å². The van der Waals surface area contributed by atoms with Crippen LogP contribution in [-0.4, -0.2) is 32.2 Å². The van der Waals surface area contributed by atoms with E-state index in [4.69, 9.17) is 4.74 Å². The topological polar surface area (TPSA) is 41.6 Å². The molecule has 0 unspecified atom stereocenters. The number of carbonyl (C=O) groups is 1. The number of anilines is 2. The van der Waals surface area contributed by atoms with Gasteiger partial charge in [0.25, 0.3) is 5.91 Å². The molecule has 1 N–H and O–H groups in total. The van der Waals surface area contributed by atoms with Gasteiger partial charge in [-0.15, -0.1) is 0 Å². The van der Waals surface area contributed by atoms with E-state index in [1.807, 2.05) is 0 Å². The van der Waals surface area contributed by atoms with Crippen LogP contribution in [0, 0.1) is 23.3 Å². The van der Waals surface area contributed by atoms with Crippen LogP contribution in [0.4, 0.5) is 42.1 Å². The molecular weight excluding hydrogens is 433 g/mol. The van der Waals surface area contributed by atoms with Crippen molar-refractivity contribution in [2.45, 2.75) is 6.18 Å². The average Bonchev–Trinajstić information content (AvgIpc) is 2.74. The van der Waals surface area contributed by atoms with Gasteiger partial charge < -0.3 is 15.0 Å². The molecule has 4 nitrogen and oxygen atoms in total.